The normalized spacial score (nSPS) is 14.4. The number of carbonyl (C=O) groups is 1. The Balaban J connectivity index is 5.02. The highest BCUT2D eigenvalue weighted by Crippen LogP contribution is 2.41. The molecule has 6 nitrogen and oxygen atoms in total. The van der Waals surface area contributed by atoms with Gasteiger partial charge < -0.3 is 23.1 Å². The molecule has 0 aromatic heterocycles. The number of aliphatic hydroxyl groups excluding tert-OH is 1. The summed E-state index contributed by atoms with van der Waals surface area (Å²) in [5.41, 5.74) is -1.11. The molecule has 0 aromatic rings. The van der Waals surface area contributed by atoms with Crippen LogP contribution < -0.4 is 0 Å². The second-order valence-electron chi connectivity index (χ2n) is 4.52. The molecule has 1 atom stereocenters. The molecule has 0 amide bonds. The van der Waals surface area contributed by atoms with E-state index in [9.17, 15) is 4.79 Å². The van der Waals surface area contributed by atoms with E-state index in [-0.39, 0.29) is 18.8 Å². The van der Waals surface area contributed by atoms with Crippen LogP contribution in [0.4, 0.5) is 0 Å². The van der Waals surface area contributed by atoms with Gasteiger partial charge in [-0.2, -0.15) is 0 Å². The van der Waals surface area contributed by atoms with Crippen LogP contribution in [0, 0.1) is 5.41 Å². The quantitative estimate of drug-likeness (QED) is 0.524. The van der Waals surface area contributed by atoms with Crippen LogP contribution in [0.15, 0.2) is 0 Å². The third kappa shape index (κ3) is 3.52. The zero-order chi connectivity index (χ0) is 14.4. The van der Waals surface area contributed by atoms with Crippen molar-refractivity contribution in [3.8, 4) is 0 Å². The molecule has 0 aliphatic carbocycles. The monoisotopic (exact) mass is 280 g/mol. The van der Waals surface area contributed by atoms with E-state index in [1.807, 2.05) is 6.92 Å². The highest BCUT2D eigenvalue weighted by molar-refractivity contribution is 6.62. The van der Waals surface area contributed by atoms with Crippen molar-refractivity contribution in [1.82, 2.24) is 0 Å². The third-order valence-electron chi connectivity index (χ3n) is 3.32. The second-order valence-corrected chi connectivity index (χ2v) is 7.82. The lowest BCUT2D eigenvalue weighted by Gasteiger charge is -2.38. The average molecular weight is 280 g/mol. The number of carbonyl (C=O) groups excluding carboxylic acids is 1. The number of rotatable bonds is 8. The van der Waals surface area contributed by atoms with Crippen LogP contribution in [-0.2, 0) is 22.8 Å². The van der Waals surface area contributed by atoms with Crippen molar-refractivity contribution in [2.24, 2.45) is 5.41 Å². The Kier molecular flexibility index (Phi) is 7.01. The number of hydrogen-bond acceptors (Lipinski definition) is 6. The minimum Gasteiger partial charge on any atom is -0.463 e. The summed E-state index contributed by atoms with van der Waals surface area (Å²) < 4.78 is 21.1. The molecular formula is C11H24O6Si. The van der Waals surface area contributed by atoms with Crippen molar-refractivity contribution in [1.29, 1.82) is 0 Å². The largest absolute Gasteiger partial charge is 0.504 e. The maximum absolute atomic E-state index is 12.0. The molecule has 1 unspecified atom stereocenters. The molecule has 0 bridgehead atoms. The molecule has 0 spiro atoms. The first kappa shape index (κ1) is 17.5. The zero-order valence-electron chi connectivity index (χ0n) is 12.0. The summed E-state index contributed by atoms with van der Waals surface area (Å²) >= 11 is 0. The molecule has 7 heteroatoms. The van der Waals surface area contributed by atoms with Gasteiger partial charge in [-0.05, 0) is 13.8 Å². The van der Waals surface area contributed by atoms with Gasteiger partial charge in [0.05, 0.1) is 12.0 Å². The van der Waals surface area contributed by atoms with Crippen LogP contribution in [-0.4, -0.2) is 54.4 Å². The van der Waals surface area contributed by atoms with Crippen molar-refractivity contribution in [3.05, 3.63) is 0 Å². The Bertz CT molecular complexity index is 256. The van der Waals surface area contributed by atoms with Gasteiger partial charge in [0.2, 0.25) is 0 Å². The van der Waals surface area contributed by atoms with Crippen LogP contribution >= 0.6 is 0 Å². The van der Waals surface area contributed by atoms with E-state index in [1.54, 1.807) is 13.8 Å². The van der Waals surface area contributed by atoms with Gasteiger partial charge in [-0.1, -0.05) is 6.92 Å². The van der Waals surface area contributed by atoms with Gasteiger partial charge in [0, 0.05) is 26.9 Å². The summed E-state index contributed by atoms with van der Waals surface area (Å²) in [6.07, 6.45) is 0. The van der Waals surface area contributed by atoms with E-state index in [0.29, 0.717) is 0 Å². The summed E-state index contributed by atoms with van der Waals surface area (Å²) in [6, 6.07) is 0. The van der Waals surface area contributed by atoms with Gasteiger partial charge >= 0.3 is 14.8 Å². The zero-order valence-corrected chi connectivity index (χ0v) is 13.0. The molecule has 0 radical (unpaired) electrons. The average Bonchev–Trinajstić information content (AvgIpc) is 2.38. The second kappa shape index (κ2) is 7.20. The molecule has 0 heterocycles. The smallest absolute Gasteiger partial charge is 0.463 e. The minimum absolute atomic E-state index is 0.0174. The van der Waals surface area contributed by atoms with Gasteiger partial charge in [-0.25, -0.2) is 0 Å². The third-order valence-corrected chi connectivity index (χ3v) is 6.81. The molecule has 0 aliphatic rings. The molecule has 0 aromatic carbocycles. The lowest BCUT2D eigenvalue weighted by molar-refractivity contribution is -0.156. The Morgan fingerprint density at radius 1 is 1.22 bits per heavy atom. The maximum atomic E-state index is 12.0. The van der Waals surface area contributed by atoms with Crippen molar-refractivity contribution in [2.45, 2.75) is 26.3 Å². The van der Waals surface area contributed by atoms with E-state index in [0.717, 1.165) is 0 Å². The summed E-state index contributed by atoms with van der Waals surface area (Å²) in [4.78, 5) is 12.0. The Morgan fingerprint density at radius 2 is 1.67 bits per heavy atom. The van der Waals surface area contributed by atoms with Gasteiger partial charge in [0.15, 0.2) is 0 Å². The van der Waals surface area contributed by atoms with Crippen molar-refractivity contribution < 1.29 is 27.9 Å². The minimum atomic E-state index is -2.92. The molecule has 0 rings (SSSR count). The van der Waals surface area contributed by atoms with Gasteiger partial charge in [-0.3, -0.25) is 4.79 Å². The van der Waals surface area contributed by atoms with E-state index < -0.39 is 20.2 Å². The molecule has 1 N–H and O–H groups in total. The van der Waals surface area contributed by atoms with Crippen LogP contribution in [0.1, 0.15) is 20.8 Å². The fraction of sp³-hybridized carbons (Fsp3) is 0.909. The molecule has 108 valence electrons. The van der Waals surface area contributed by atoms with Gasteiger partial charge in [-0.15, -0.1) is 0 Å². The van der Waals surface area contributed by atoms with Crippen molar-refractivity contribution in [2.75, 3.05) is 34.5 Å². The highest BCUT2D eigenvalue weighted by atomic mass is 28.4. The maximum Gasteiger partial charge on any atom is 0.504 e. The molecular weight excluding hydrogens is 256 g/mol. The Labute approximate surface area is 110 Å². The SMILES string of the molecule is CO[Si](OC)(OC)C(C)C(C)(C)C(=O)OCCO. The van der Waals surface area contributed by atoms with Gasteiger partial charge in [0.1, 0.15) is 6.61 Å². The molecule has 0 saturated carbocycles. The van der Waals surface area contributed by atoms with Crippen molar-refractivity contribution >= 4 is 14.8 Å². The lowest BCUT2D eigenvalue weighted by atomic mass is 9.90. The predicted octanol–water partition coefficient (Wildman–Crippen LogP) is 0.816. The van der Waals surface area contributed by atoms with Crippen LogP contribution in [0.25, 0.3) is 0 Å². The lowest BCUT2D eigenvalue weighted by Crippen LogP contribution is -2.53. The number of hydrogen-bond donors (Lipinski definition) is 1. The highest BCUT2D eigenvalue weighted by Gasteiger charge is 2.54. The first-order valence-electron chi connectivity index (χ1n) is 5.75. The number of esters is 1. The van der Waals surface area contributed by atoms with E-state index in [4.69, 9.17) is 23.1 Å². The Hall–Kier alpha value is -0.473. The predicted molar refractivity (Wildman–Crippen MR) is 68.0 cm³/mol. The summed E-state index contributed by atoms with van der Waals surface area (Å²) in [6.45, 7) is 5.11. The summed E-state index contributed by atoms with van der Waals surface area (Å²) in [5, 5.41) is 8.68. The fourth-order valence-electron chi connectivity index (χ4n) is 1.72. The molecule has 0 saturated heterocycles. The van der Waals surface area contributed by atoms with E-state index in [1.165, 1.54) is 21.3 Å². The van der Waals surface area contributed by atoms with Crippen molar-refractivity contribution in [3.63, 3.8) is 0 Å². The van der Waals surface area contributed by atoms with Crippen LogP contribution in [0.5, 0.6) is 0 Å². The first-order chi connectivity index (χ1) is 8.32. The molecule has 0 aliphatic heterocycles. The summed E-state index contributed by atoms with van der Waals surface area (Å²) in [7, 11) is 1.59. The topological polar surface area (TPSA) is 74.2 Å². The standard InChI is InChI=1S/C11H24O6Si/c1-9(18(14-4,15-5)16-6)11(2,3)10(13)17-8-7-12/h9,12H,7-8H2,1-6H3. The Morgan fingerprint density at radius 3 is 2.00 bits per heavy atom. The van der Waals surface area contributed by atoms with E-state index >= 15 is 0 Å². The summed E-state index contributed by atoms with van der Waals surface area (Å²) in [5.74, 6) is -0.410. The number of ether oxygens (including phenoxy) is 1. The fourth-order valence-corrected chi connectivity index (χ4v) is 4.29. The van der Waals surface area contributed by atoms with Crippen LogP contribution in [0.3, 0.4) is 0 Å². The first-order valence-corrected chi connectivity index (χ1v) is 7.56. The van der Waals surface area contributed by atoms with Crippen LogP contribution in [0.2, 0.25) is 5.54 Å². The number of aliphatic hydroxyl groups is 1. The van der Waals surface area contributed by atoms with E-state index in [2.05, 4.69) is 0 Å². The van der Waals surface area contributed by atoms with Gasteiger partial charge in [0.25, 0.3) is 0 Å². The molecule has 0 fully saturated rings. The molecule has 18 heavy (non-hydrogen) atoms.